The third-order valence-corrected chi connectivity index (χ3v) is 1.48. The van der Waals surface area contributed by atoms with Crippen LogP contribution in [0.4, 0.5) is 13.2 Å². The molecule has 1 rings (SSSR count). The first-order valence-electron chi connectivity index (χ1n) is 4.05. The van der Waals surface area contributed by atoms with Gasteiger partial charge in [0.15, 0.2) is 5.83 Å². The third kappa shape index (κ3) is 3.84. The molecule has 80 valence electrons. The van der Waals surface area contributed by atoms with Gasteiger partial charge in [-0.05, 0) is 12.1 Å². The van der Waals surface area contributed by atoms with Gasteiger partial charge < -0.3 is 4.74 Å². The van der Waals surface area contributed by atoms with Crippen LogP contribution in [0, 0.1) is 0 Å². The third-order valence-electron chi connectivity index (χ3n) is 1.48. The molecule has 0 atom stereocenters. The highest BCUT2D eigenvalue weighted by Crippen LogP contribution is 2.15. The van der Waals surface area contributed by atoms with Crippen LogP contribution in [0.25, 0.3) is 0 Å². The van der Waals surface area contributed by atoms with Crippen LogP contribution >= 0.6 is 0 Å². The van der Waals surface area contributed by atoms with Crippen LogP contribution in [0.2, 0.25) is 0 Å². The summed E-state index contributed by atoms with van der Waals surface area (Å²) < 4.78 is 40.1. The molecule has 0 saturated heterocycles. The second-order valence-electron chi connectivity index (χ2n) is 2.63. The van der Waals surface area contributed by atoms with E-state index in [1.807, 2.05) is 0 Å². The molecule has 2 nitrogen and oxygen atoms in total. The Morgan fingerprint density at radius 2 is 1.73 bits per heavy atom. The van der Waals surface area contributed by atoms with Crippen molar-refractivity contribution in [1.29, 1.82) is 0 Å². The van der Waals surface area contributed by atoms with Crippen molar-refractivity contribution >= 4 is 5.97 Å². The highest BCUT2D eigenvalue weighted by molar-refractivity contribution is 5.74. The van der Waals surface area contributed by atoms with E-state index in [9.17, 15) is 18.0 Å². The lowest BCUT2D eigenvalue weighted by Crippen LogP contribution is -2.07. The van der Waals surface area contributed by atoms with E-state index in [1.165, 1.54) is 12.1 Å². The van der Waals surface area contributed by atoms with Crippen LogP contribution in [0.3, 0.4) is 0 Å². The number of hydrogen-bond donors (Lipinski definition) is 0. The number of rotatable bonds is 3. The van der Waals surface area contributed by atoms with Gasteiger partial charge in [0.05, 0.1) is 0 Å². The van der Waals surface area contributed by atoms with Gasteiger partial charge in [-0.25, -0.2) is 4.39 Å². The number of benzene rings is 1. The maximum absolute atomic E-state index is 12.3. The van der Waals surface area contributed by atoms with Crippen LogP contribution in [0.15, 0.2) is 42.2 Å². The molecule has 0 bridgehead atoms. The molecule has 5 heteroatoms. The highest BCUT2D eigenvalue weighted by Gasteiger charge is 2.12. The molecule has 0 N–H and O–H groups in total. The molecule has 0 fully saturated rings. The fraction of sp³-hybridized carbons (Fsp3) is 0.100. The standard InChI is InChI=1S/C10H7F3O2/c11-8(10(12)13)6-9(14)15-7-4-2-1-3-5-7/h1-5H,6H2. The highest BCUT2D eigenvalue weighted by atomic mass is 19.3. The summed E-state index contributed by atoms with van der Waals surface area (Å²) in [6.07, 6.45) is -3.56. The molecule has 0 saturated carbocycles. The van der Waals surface area contributed by atoms with Crippen LogP contribution < -0.4 is 4.74 Å². The first-order chi connectivity index (χ1) is 7.09. The summed E-state index contributed by atoms with van der Waals surface area (Å²) in [6.45, 7) is 0. The largest absolute Gasteiger partial charge is 0.426 e. The van der Waals surface area contributed by atoms with Gasteiger partial charge >= 0.3 is 12.0 Å². The zero-order chi connectivity index (χ0) is 11.3. The lowest BCUT2D eigenvalue weighted by Gasteiger charge is -2.01. The van der Waals surface area contributed by atoms with Crippen molar-refractivity contribution in [2.45, 2.75) is 6.42 Å². The Kier molecular flexibility index (Phi) is 3.91. The predicted molar refractivity (Wildman–Crippen MR) is 47.0 cm³/mol. The number of hydrogen-bond acceptors (Lipinski definition) is 2. The van der Waals surface area contributed by atoms with E-state index in [0.29, 0.717) is 0 Å². The minimum Gasteiger partial charge on any atom is -0.426 e. The van der Waals surface area contributed by atoms with Gasteiger partial charge in [0.1, 0.15) is 12.2 Å². The molecule has 0 heterocycles. The fourth-order valence-electron chi connectivity index (χ4n) is 0.850. The Morgan fingerprint density at radius 1 is 1.13 bits per heavy atom. The first kappa shape index (κ1) is 11.3. The van der Waals surface area contributed by atoms with E-state index in [0.717, 1.165) is 0 Å². The molecule has 15 heavy (non-hydrogen) atoms. The van der Waals surface area contributed by atoms with Crippen LogP contribution in [-0.4, -0.2) is 5.97 Å². The summed E-state index contributed by atoms with van der Waals surface area (Å²) >= 11 is 0. The van der Waals surface area contributed by atoms with Crippen molar-refractivity contribution in [3.63, 3.8) is 0 Å². The lowest BCUT2D eigenvalue weighted by atomic mass is 10.3. The van der Waals surface area contributed by atoms with Crippen LogP contribution in [0.1, 0.15) is 6.42 Å². The zero-order valence-electron chi connectivity index (χ0n) is 7.54. The van der Waals surface area contributed by atoms with E-state index in [1.54, 1.807) is 18.2 Å². The molecule has 0 aliphatic heterocycles. The number of esters is 1. The van der Waals surface area contributed by atoms with E-state index in [2.05, 4.69) is 4.74 Å². The van der Waals surface area contributed by atoms with Crippen LogP contribution in [0.5, 0.6) is 5.75 Å². The quantitative estimate of drug-likeness (QED) is 0.573. The zero-order valence-corrected chi connectivity index (χ0v) is 7.54. The number of para-hydroxylation sites is 1. The monoisotopic (exact) mass is 216 g/mol. The molecule has 1 aromatic carbocycles. The summed E-state index contributed by atoms with van der Waals surface area (Å²) in [6, 6.07) is 7.82. The first-order valence-corrected chi connectivity index (χ1v) is 4.05. The fourth-order valence-corrected chi connectivity index (χ4v) is 0.850. The SMILES string of the molecule is O=C(CC(F)=C(F)F)Oc1ccccc1. The number of carbonyl (C=O) groups excluding carboxylic acids is 1. The average molecular weight is 216 g/mol. The smallest absolute Gasteiger partial charge is 0.318 e. The number of halogens is 3. The Bertz CT molecular complexity index is 370. The van der Waals surface area contributed by atoms with E-state index >= 15 is 0 Å². The van der Waals surface area contributed by atoms with Gasteiger partial charge in [-0.15, -0.1) is 0 Å². The summed E-state index contributed by atoms with van der Waals surface area (Å²) in [5.41, 5.74) is 0. The van der Waals surface area contributed by atoms with Crippen molar-refractivity contribution in [2.24, 2.45) is 0 Å². The molecule has 0 spiro atoms. The summed E-state index contributed by atoms with van der Waals surface area (Å²) in [5.74, 6) is -2.64. The second-order valence-corrected chi connectivity index (χ2v) is 2.63. The van der Waals surface area contributed by atoms with E-state index < -0.39 is 24.3 Å². The van der Waals surface area contributed by atoms with Gasteiger partial charge in [-0.3, -0.25) is 4.79 Å². The number of carbonyl (C=O) groups is 1. The van der Waals surface area contributed by atoms with Crippen LogP contribution in [-0.2, 0) is 4.79 Å². The van der Waals surface area contributed by atoms with E-state index in [-0.39, 0.29) is 5.75 Å². The lowest BCUT2D eigenvalue weighted by molar-refractivity contribution is -0.134. The molecule has 0 amide bonds. The maximum atomic E-state index is 12.3. The van der Waals surface area contributed by atoms with Crippen molar-refractivity contribution < 1.29 is 22.7 Å². The molecular weight excluding hydrogens is 209 g/mol. The van der Waals surface area contributed by atoms with Crippen molar-refractivity contribution in [3.05, 3.63) is 42.2 Å². The molecular formula is C10H7F3O2. The number of ether oxygens (including phenoxy) is 1. The molecule has 1 aromatic rings. The minimum absolute atomic E-state index is 0.189. The van der Waals surface area contributed by atoms with Crippen molar-refractivity contribution in [1.82, 2.24) is 0 Å². The van der Waals surface area contributed by atoms with Crippen molar-refractivity contribution in [3.8, 4) is 5.75 Å². The van der Waals surface area contributed by atoms with Gasteiger partial charge in [0.2, 0.25) is 0 Å². The van der Waals surface area contributed by atoms with E-state index in [4.69, 9.17) is 0 Å². The summed E-state index contributed by atoms with van der Waals surface area (Å²) in [7, 11) is 0. The van der Waals surface area contributed by atoms with Crippen molar-refractivity contribution in [2.75, 3.05) is 0 Å². The van der Waals surface area contributed by atoms with Gasteiger partial charge in [-0.2, -0.15) is 8.78 Å². The second kappa shape index (κ2) is 5.19. The average Bonchev–Trinajstić information content (AvgIpc) is 2.18. The van der Waals surface area contributed by atoms with Gasteiger partial charge in [0, 0.05) is 0 Å². The normalized spacial score (nSPS) is 9.53. The Morgan fingerprint density at radius 3 is 2.27 bits per heavy atom. The Hall–Kier alpha value is -1.78. The maximum Gasteiger partial charge on any atom is 0.318 e. The molecule has 0 aliphatic rings. The molecule has 0 aromatic heterocycles. The topological polar surface area (TPSA) is 26.3 Å². The predicted octanol–water partition coefficient (Wildman–Crippen LogP) is 3.06. The van der Waals surface area contributed by atoms with Gasteiger partial charge in [-0.1, -0.05) is 18.2 Å². The molecule has 0 unspecified atom stereocenters. The molecule has 0 radical (unpaired) electrons. The van der Waals surface area contributed by atoms with Gasteiger partial charge in [0.25, 0.3) is 0 Å². The minimum atomic E-state index is -2.50. The molecule has 0 aliphatic carbocycles. The Balaban J connectivity index is 2.55. The summed E-state index contributed by atoms with van der Waals surface area (Å²) in [5, 5.41) is 0. The summed E-state index contributed by atoms with van der Waals surface area (Å²) in [4.78, 5) is 10.9. The Labute approximate surface area is 84.0 Å².